The van der Waals surface area contributed by atoms with Gasteiger partial charge in [-0.2, -0.15) is 0 Å². The van der Waals surface area contributed by atoms with E-state index in [2.05, 4.69) is 19.9 Å². The standard InChI is InChI=1S/2C20H14ClN3O.2ClH/c2*21-16-7-6-15(12-17(16)25)19-18(13-8-10-22-11-9-13)23-20(24-19)14-4-2-1-3-5-14;;/h2*1-12,25H,(H,23,24);2*1H. The van der Waals surface area contributed by atoms with Crippen molar-refractivity contribution in [3.05, 3.63) is 156 Å². The van der Waals surface area contributed by atoms with Crippen LogP contribution in [0.2, 0.25) is 10.0 Å². The number of imidazole rings is 2. The summed E-state index contributed by atoms with van der Waals surface area (Å²) >= 11 is 11.9. The van der Waals surface area contributed by atoms with Crippen LogP contribution in [-0.2, 0) is 0 Å². The third kappa shape index (κ3) is 8.28. The van der Waals surface area contributed by atoms with Crippen LogP contribution in [0.1, 0.15) is 0 Å². The van der Waals surface area contributed by atoms with E-state index in [1.807, 2.05) is 97.1 Å². The summed E-state index contributed by atoms with van der Waals surface area (Å²) in [6.07, 6.45) is 6.95. The molecular formula is C40H30Cl4N6O2. The van der Waals surface area contributed by atoms with E-state index in [9.17, 15) is 10.2 Å². The van der Waals surface area contributed by atoms with Crippen LogP contribution < -0.4 is 0 Å². The van der Waals surface area contributed by atoms with Crippen molar-refractivity contribution in [2.75, 3.05) is 0 Å². The molecule has 4 aromatic heterocycles. The Balaban J connectivity index is 0.000000194. The molecule has 8 aromatic rings. The van der Waals surface area contributed by atoms with Crippen molar-refractivity contribution in [1.82, 2.24) is 29.9 Å². The molecule has 0 spiro atoms. The summed E-state index contributed by atoms with van der Waals surface area (Å²) in [6, 6.07) is 37.7. The van der Waals surface area contributed by atoms with E-state index in [4.69, 9.17) is 33.2 Å². The van der Waals surface area contributed by atoms with Gasteiger partial charge in [0.25, 0.3) is 0 Å². The first-order valence-electron chi connectivity index (χ1n) is 15.5. The summed E-state index contributed by atoms with van der Waals surface area (Å²) < 4.78 is 0. The second-order valence-corrected chi connectivity index (χ2v) is 12.0. The lowest BCUT2D eigenvalue weighted by Crippen LogP contribution is -1.84. The molecule has 4 heterocycles. The molecule has 0 fully saturated rings. The minimum Gasteiger partial charge on any atom is -0.506 e. The number of pyridine rings is 2. The van der Waals surface area contributed by atoms with Crippen LogP contribution in [0.4, 0.5) is 0 Å². The molecule has 4 N–H and O–H groups in total. The number of rotatable bonds is 6. The Hall–Kier alpha value is -5.64. The normalized spacial score (nSPS) is 10.3. The average molecular weight is 769 g/mol. The van der Waals surface area contributed by atoms with Gasteiger partial charge in [0.1, 0.15) is 23.1 Å². The number of aromatic nitrogens is 6. The first-order valence-corrected chi connectivity index (χ1v) is 16.3. The molecule has 8 rings (SSSR count). The van der Waals surface area contributed by atoms with Gasteiger partial charge in [-0.3, -0.25) is 9.97 Å². The first-order chi connectivity index (χ1) is 24.4. The second kappa shape index (κ2) is 17.0. The number of halogens is 4. The molecule has 0 bridgehead atoms. The third-order valence-corrected chi connectivity index (χ3v) is 8.52. The molecule has 8 nitrogen and oxygen atoms in total. The number of hydrogen-bond acceptors (Lipinski definition) is 6. The van der Waals surface area contributed by atoms with E-state index in [1.54, 1.807) is 49.1 Å². The van der Waals surface area contributed by atoms with E-state index in [0.29, 0.717) is 10.0 Å². The lowest BCUT2D eigenvalue weighted by molar-refractivity contribution is 0.475. The largest absolute Gasteiger partial charge is 0.506 e. The average Bonchev–Trinajstić information content (AvgIpc) is 3.82. The van der Waals surface area contributed by atoms with Gasteiger partial charge in [-0.1, -0.05) is 96.0 Å². The number of phenols is 2. The quantitative estimate of drug-likeness (QED) is 0.134. The Morgan fingerprint density at radius 1 is 0.423 bits per heavy atom. The summed E-state index contributed by atoms with van der Waals surface area (Å²) in [7, 11) is 0. The maximum Gasteiger partial charge on any atom is 0.138 e. The number of nitrogens with one attached hydrogen (secondary N) is 2. The van der Waals surface area contributed by atoms with Crippen molar-refractivity contribution in [2.45, 2.75) is 0 Å². The molecule has 0 amide bonds. The summed E-state index contributed by atoms with van der Waals surface area (Å²) in [4.78, 5) is 24.5. The van der Waals surface area contributed by atoms with Crippen molar-refractivity contribution in [3.8, 4) is 79.3 Å². The van der Waals surface area contributed by atoms with Gasteiger partial charge < -0.3 is 20.2 Å². The molecule has 260 valence electrons. The van der Waals surface area contributed by atoms with Crippen molar-refractivity contribution in [3.63, 3.8) is 0 Å². The number of aromatic hydroxyl groups is 2. The van der Waals surface area contributed by atoms with E-state index in [-0.39, 0.29) is 36.3 Å². The van der Waals surface area contributed by atoms with Gasteiger partial charge in [0, 0.05) is 58.2 Å². The predicted molar refractivity (Wildman–Crippen MR) is 213 cm³/mol. The summed E-state index contributed by atoms with van der Waals surface area (Å²) in [5.74, 6) is 1.59. The monoisotopic (exact) mass is 766 g/mol. The molecule has 12 heteroatoms. The highest BCUT2D eigenvalue weighted by Crippen LogP contribution is 2.37. The molecule has 0 saturated carbocycles. The van der Waals surface area contributed by atoms with Crippen LogP contribution in [0.25, 0.3) is 67.8 Å². The van der Waals surface area contributed by atoms with Gasteiger partial charge in [0.05, 0.1) is 32.8 Å². The van der Waals surface area contributed by atoms with E-state index < -0.39 is 0 Å². The first kappa shape index (κ1) is 37.6. The Morgan fingerprint density at radius 3 is 1.13 bits per heavy atom. The van der Waals surface area contributed by atoms with Crippen molar-refractivity contribution >= 4 is 48.0 Å². The Kier molecular flexibility index (Phi) is 12.3. The van der Waals surface area contributed by atoms with Crippen molar-refractivity contribution in [1.29, 1.82) is 0 Å². The number of aromatic amines is 2. The molecule has 52 heavy (non-hydrogen) atoms. The van der Waals surface area contributed by atoms with Gasteiger partial charge in [-0.25, -0.2) is 9.97 Å². The van der Waals surface area contributed by atoms with Gasteiger partial charge in [-0.15, -0.1) is 24.8 Å². The predicted octanol–water partition coefficient (Wildman–Crippen LogP) is 11.2. The Morgan fingerprint density at radius 2 is 0.788 bits per heavy atom. The molecule has 0 aliphatic rings. The topological polar surface area (TPSA) is 124 Å². The smallest absolute Gasteiger partial charge is 0.138 e. The van der Waals surface area contributed by atoms with Gasteiger partial charge in [0.15, 0.2) is 0 Å². The zero-order valence-corrected chi connectivity index (χ0v) is 30.3. The maximum absolute atomic E-state index is 9.97. The fourth-order valence-corrected chi connectivity index (χ4v) is 5.64. The molecule has 0 atom stereocenters. The molecular weight excluding hydrogens is 738 g/mol. The van der Waals surface area contributed by atoms with Crippen LogP contribution in [-0.4, -0.2) is 40.1 Å². The molecule has 0 unspecified atom stereocenters. The van der Waals surface area contributed by atoms with Crippen LogP contribution in [0.3, 0.4) is 0 Å². The van der Waals surface area contributed by atoms with Gasteiger partial charge in [0.2, 0.25) is 0 Å². The highest BCUT2D eigenvalue weighted by molar-refractivity contribution is 6.32. The highest BCUT2D eigenvalue weighted by Gasteiger charge is 2.18. The van der Waals surface area contributed by atoms with Crippen molar-refractivity contribution in [2.24, 2.45) is 0 Å². The number of H-pyrrole nitrogens is 2. The Labute approximate surface area is 322 Å². The lowest BCUT2D eigenvalue weighted by atomic mass is 10.1. The van der Waals surface area contributed by atoms with E-state index in [1.165, 1.54) is 0 Å². The SMILES string of the molecule is Cl.Cl.Oc1cc(-c2nc(-c3ccccc3)[nH]c2-c2ccncc2)ccc1Cl.Oc1cc(-c2nc(-c3ccccc3)[nH]c2-c2ccncc2)ccc1Cl. The lowest BCUT2D eigenvalue weighted by Gasteiger charge is -2.04. The minimum absolute atomic E-state index is 0. The van der Waals surface area contributed by atoms with Crippen molar-refractivity contribution < 1.29 is 10.2 Å². The minimum atomic E-state index is 0. The van der Waals surface area contributed by atoms with E-state index >= 15 is 0 Å². The molecule has 0 radical (unpaired) electrons. The van der Waals surface area contributed by atoms with Crippen LogP contribution in [0.15, 0.2) is 146 Å². The molecule has 4 aromatic carbocycles. The Bertz CT molecular complexity index is 2200. The molecule has 0 saturated heterocycles. The van der Waals surface area contributed by atoms with Crippen LogP contribution in [0, 0.1) is 0 Å². The number of hydrogen-bond donors (Lipinski definition) is 4. The molecule has 0 aliphatic carbocycles. The zero-order valence-electron chi connectivity index (χ0n) is 27.1. The second-order valence-electron chi connectivity index (χ2n) is 11.2. The number of phenolic OH excluding ortho intramolecular Hbond substituents is 2. The van der Waals surface area contributed by atoms with Crippen LogP contribution in [0.5, 0.6) is 11.5 Å². The molecule has 0 aliphatic heterocycles. The van der Waals surface area contributed by atoms with E-state index in [0.717, 1.165) is 67.8 Å². The fourth-order valence-electron chi connectivity index (χ4n) is 5.40. The highest BCUT2D eigenvalue weighted by atomic mass is 35.5. The number of nitrogens with zero attached hydrogens (tertiary/aromatic N) is 4. The number of benzene rings is 4. The zero-order chi connectivity index (χ0) is 34.5. The van der Waals surface area contributed by atoms with Gasteiger partial charge in [-0.05, 0) is 48.5 Å². The maximum atomic E-state index is 9.97. The fraction of sp³-hybridized carbons (Fsp3) is 0. The summed E-state index contributed by atoms with van der Waals surface area (Å²) in [5.41, 5.74) is 8.70. The third-order valence-electron chi connectivity index (χ3n) is 7.88. The summed E-state index contributed by atoms with van der Waals surface area (Å²) in [5, 5.41) is 20.6. The van der Waals surface area contributed by atoms with Gasteiger partial charge >= 0.3 is 0 Å². The van der Waals surface area contributed by atoms with Crippen LogP contribution >= 0.6 is 48.0 Å². The summed E-state index contributed by atoms with van der Waals surface area (Å²) in [6.45, 7) is 0.